The lowest BCUT2D eigenvalue weighted by atomic mass is 10.0. The van der Waals surface area contributed by atoms with Crippen molar-refractivity contribution >= 4 is 28.5 Å². The predicted molar refractivity (Wildman–Crippen MR) is 162 cm³/mol. The highest BCUT2D eigenvalue weighted by molar-refractivity contribution is 6.30. The average molecular weight is 567 g/mol. The van der Waals surface area contributed by atoms with Gasteiger partial charge in [-0.25, -0.2) is 0 Å². The second-order valence-electron chi connectivity index (χ2n) is 11.1. The van der Waals surface area contributed by atoms with E-state index in [0.717, 1.165) is 104 Å². The maximum atomic E-state index is 12.6. The molecule has 216 valence electrons. The van der Waals surface area contributed by atoms with Crippen LogP contribution in [0.1, 0.15) is 45.4 Å². The summed E-state index contributed by atoms with van der Waals surface area (Å²) in [5, 5.41) is 8.60. The molecule has 2 N–H and O–H groups in total. The molecule has 7 nitrogen and oxygen atoms in total. The summed E-state index contributed by atoms with van der Waals surface area (Å²) in [7, 11) is 0. The molecule has 3 aromatic rings. The Bertz CT molecular complexity index is 1220. The number of hydrogen-bond donors (Lipinski definition) is 2. The number of furan rings is 1. The highest BCUT2D eigenvalue weighted by Crippen LogP contribution is 2.33. The average Bonchev–Trinajstić information content (AvgIpc) is 3.65. The zero-order chi connectivity index (χ0) is 27.7. The summed E-state index contributed by atoms with van der Waals surface area (Å²) in [6.07, 6.45) is 8.48. The van der Waals surface area contributed by atoms with Crippen LogP contribution in [0.4, 0.5) is 0 Å². The number of fused-ring (bicyclic) bond motifs is 1. The van der Waals surface area contributed by atoms with Crippen molar-refractivity contribution in [3.63, 3.8) is 0 Å². The van der Waals surface area contributed by atoms with E-state index in [1.54, 1.807) is 6.26 Å². The molecule has 2 fully saturated rings. The number of nitrogens with zero attached hydrogens (tertiary/aromatic N) is 2. The van der Waals surface area contributed by atoms with Crippen molar-refractivity contribution in [3.8, 4) is 16.9 Å². The molecule has 1 aromatic heterocycles. The first-order chi connectivity index (χ1) is 19.6. The molecule has 1 amide bonds. The molecule has 8 heteroatoms. The minimum Gasteiger partial charge on any atom is -0.493 e. The van der Waals surface area contributed by atoms with Crippen molar-refractivity contribution in [1.29, 1.82) is 0 Å². The number of piperazine rings is 1. The maximum absolute atomic E-state index is 12.6. The lowest BCUT2D eigenvalue weighted by molar-refractivity contribution is -0.123. The van der Waals surface area contributed by atoms with Crippen molar-refractivity contribution in [2.45, 2.75) is 57.5 Å². The van der Waals surface area contributed by atoms with E-state index in [-0.39, 0.29) is 11.9 Å². The van der Waals surface area contributed by atoms with Crippen LogP contribution >= 0.6 is 11.6 Å². The Labute approximate surface area is 243 Å². The largest absolute Gasteiger partial charge is 0.493 e. The van der Waals surface area contributed by atoms with Gasteiger partial charge in [0.05, 0.1) is 19.4 Å². The molecule has 0 bridgehead atoms. The summed E-state index contributed by atoms with van der Waals surface area (Å²) in [4.78, 5) is 17.4. The Balaban J connectivity index is 0.949. The molecule has 2 aliphatic heterocycles. The van der Waals surface area contributed by atoms with Gasteiger partial charge in [-0.05, 0) is 81.4 Å². The molecule has 2 saturated heterocycles. The number of ether oxygens (including phenoxy) is 1. The predicted octanol–water partition coefficient (Wildman–Crippen LogP) is 5.57. The zero-order valence-corrected chi connectivity index (χ0v) is 24.4. The van der Waals surface area contributed by atoms with Crippen LogP contribution in [0.2, 0.25) is 5.02 Å². The summed E-state index contributed by atoms with van der Waals surface area (Å²) in [6.45, 7) is 9.55. The number of hydrogen-bond acceptors (Lipinski definition) is 6. The van der Waals surface area contributed by atoms with Crippen molar-refractivity contribution in [2.75, 3.05) is 52.4 Å². The molecule has 3 heterocycles. The Morgan fingerprint density at radius 1 is 1.10 bits per heavy atom. The molecule has 0 aliphatic carbocycles. The van der Waals surface area contributed by atoms with Gasteiger partial charge in [0, 0.05) is 60.3 Å². The van der Waals surface area contributed by atoms with Crippen LogP contribution in [-0.4, -0.2) is 80.2 Å². The van der Waals surface area contributed by atoms with Crippen LogP contribution in [0.25, 0.3) is 22.1 Å². The monoisotopic (exact) mass is 566 g/mol. The summed E-state index contributed by atoms with van der Waals surface area (Å²) < 4.78 is 11.8. The molecule has 2 atom stereocenters. The topological polar surface area (TPSA) is 70.0 Å². The van der Waals surface area contributed by atoms with Crippen LogP contribution in [0, 0.1) is 0 Å². The van der Waals surface area contributed by atoms with Gasteiger partial charge >= 0.3 is 0 Å². The van der Waals surface area contributed by atoms with Crippen LogP contribution in [-0.2, 0) is 4.79 Å². The van der Waals surface area contributed by atoms with Gasteiger partial charge in [-0.15, -0.1) is 0 Å². The number of rotatable bonds is 13. The number of benzene rings is 2. The Kier molecular flexibility index (Phi) is 10.4. The van der Waals surface area contributed by atoms with E-state index in [4.69, 9.17) is 20.8 Å². The van der Waals surface area contributed by atoms with E-state index in [2.05, 4.69) is 33.4 Å². The maximum Gasteiger partial charge on any atom is 0.234 e. The normalized spacial score (nSPS) is 19.2. The number of nitrogens with one attached hydrogen (secondary N) is 2. The van der Waals surface area contributed by atoms with Crippen LogP contribution in [0.5, 0.6) is 5.75 Å². The quantitative estimate of drug-likeness (QED) is 0.264. The Hall–Kier alpha value is -2.58. The first kappa shape index (κ1) is 28.9. The lowest BCUT2D eigenvalue weighted by Gasteiger charge is -2.34. The van der Waals surface area contributed by atoms with Crippen LogP contribution < -0.4 is 15.4 Å². The molecule has 2 unspecified atom stereocenters. The summed E-state index contributed by atoms with van der Waals surface area (Å²) in [5.41, 5.74) is 2.97. The van der Waals surface area contributed by atoms with Gasteiger partial charge in [-0.3, -0.25) is 9.69 Å². The van der Waals surface area contributed by atoms with Gasteiger partial charge in [0.25, 0.3) is 0 Å². The number of amides is 1. The Morgan fingerprint density at radius 2 is 1.90 bits per heavy atom. The van der Waals surface area contributed by atoms with Crippen LogP contribution in [0.3, 0.4) is 0 Å². The van der Waals surface area contributed by atoms with E-state index in [0.29, 0.717) is 19.2 Å². The van der Waals surface area contributed by atoms with E-state index in [1.807, 2.05) is 36.4 Å². The van der Waals surface area contributed by atoms with E-state index in [1.165, 1.54) is 6.42 Å². The standard InChI is InChI=1S/C32H43ClN4O3/c1-2-29(30-7-6-14-34-30)35-32(38)22-37-18-16-36(17-19-37)15-4-3-5-20-39-26-12-13-27-28(23-40-31(27)21-26)24-8-10-25(33)11-9-24/h8-13,21,23,29-30,34H,2-7,14-20,22H2,1H3,(H,35,38). The van der Waals surface area contributed by atoms with E-state index >= 15 is 0 Å². The van der Waals surface area contributed by atoms with Gasteiger partial charge in [-0.2, -0.15) is 0 Å². The fourth-order valence-electron chi connectivity index (χ4n) is 5.92. The van der Waals surface area contributed by atoms with Gasteiger partial charge in [-0.1, -0.05) is 30.7 Å². The molecule has 0 radical (unpaired) electrons. The highest BCUT2D eigenvalue weighted by Gasteiger charge is 2.26. The van der Waals surface area contributed by atoms with Crippen LogP contribution in [0.15, 0.2) is 53.1 Å². The smallest absolute Gasteiger partial charge is 0.234 e. The van der Waals surface area contributed by atoms with Gasteiger partial charge < -0.3 is 24.7 Å². The van der Waals surface area contributed by atoms with Crippen molar-refractivity contribution in [1.82, 2.24) is 20.4 Å². The number of carbonyl (C=O) groups excluding carboxylic acids is 1. The first-order valence-electron chi connectivity index (χ1n) is 15.0. The Morgan fingerprint density at radius 3 is 2.65 bits per heavy atom. The molecule has 40 heavy (non-hydrogen) atoms. The number of unbranched alkanes of at least 4 members (excludes halogenated alkanes) is 2. The highest BCUT2D eigenvalue weighted by atomic mass is 35.5. The number of carbonyl (C=O) groups is 1. The SMILES string of the molecule is CCC(NC(=O)CN1CCN(CCCCCOc2ccc3c(-c4ccc(Cl)cc4)coc3c2)CC1)C1CCCN1. The van der Waals surface area contributed by atoms with E-state index < -0.39 is 0 Å². The molecule has 5 rings (SSSR count). The third kappa shape index (κ3) is 7.78. The molecule has 0 spiro atoms. The second-order valence-corrected chi connectivity index (χ2v) is 11.6. The van der Waals surface area contributed by atoms with Gasteiger partial charge in [0.2, 0.25) is 5.91 Å². The molecule has 2 aliphatic rings. The third-order valence-electron chi connectivity index (χ3n) is 8.29. The third-order valence-corrected chi connectivity index (χ3v) is 8.54. The minimum atomic E-state index is 0.169. The van der Waals surface area contributed by atoms with Crippen molar-refractivity contribution < 1.29 is 13.9 Å². The molecular formula is C32H43ClN4O3. The fraction of sp³-hybridized carbons (Fsp3) is 0.531. The fourth-order valence-corrected chi connectivity index (χ4v) is 6.05. The molecular weight excluding hydrogens is 524 g/mol. The summed E-state index contributed by atoms with van der Waals surface area (Å²) in [6, 6.07) is 14.5. The zero-order valence-electron chi connectivity index (χ0n) is 23.7. The van der Waals surface area contributed by atoms with Crippen molar-refractivity contribution in [2.24, 2.45) is 0 Å². The minimum absolute atomic E-state index is 0.169. The van der Waals surface area contributed by atoms with E-state index in [9.17, 15) is 4.79 Å². The molecule has 0 saturated carbocycles. The first-order valence-corrected chi connectivity index (χ1v) is 15.3. The number of halogens is 1. The van der Waals surface area contributed by atoms with Crippen molar-refractivity contribution in [3.05, 3.63) is 53.8 Å². The van der Waals surface area contributed by atoms with Gasteiger partial charge in [0.15, 0.2) is 0 Å². The molecule has 2 aromatic carbocycles. The summed E-state index contributed by atoms with van der Waals surface area (Å²) in [5.74, 6) is 1.01. The second kappa shape index (κ2) is 14.4. The van der Waals surface area contributed by atoms with Gasteiger partial charge in [0.1, 0.15) is 11.3 Å². The summed E-state index contributed by atoms with van der Waals surface area (Å²) >= 11 is 6.03. The lowest BCUT2D eigenvalue weighted by Crippen LogP contribution is -2.53.